The smallest absolute Gasteiger partial charge is 0.315 e. The van der Waals surface area contributed by atoms with E-state index < -0.39 is 5.97 Å². The molecule has 16 heavy (non-hydrogen) atoms. The van der Waals surface area contributed by atoms with Gasteiger partial charge in [-0.05, 0) is 18.3 Å². The fourth-order valence-corrected chi connectivity index (χ4v) is 1.73. The summed E-state index contributed by atoms with van der Waals surface area (Å²) in [5.41, 5.74) is 0. The molecule has 0 aromatic heterocycles. The van der Waals surface area contributed by atoms with Gasteiger partial charge in [0.25, 0.3) is 0 Å². The van der Waals surface area contributed by atoms with Crippen LogP contribution in [-0.2, 0) is 4.79 Å². The summed E-state index contributed by atoms with van der Waals surface area (Å²) < 4.78 is 0. The Labute approximate surface area is 95.6 Å². The van der Waals surface area contributed by atoms with E-state index in [0.29, 0.717) is 18.5 Å². The zero-order chi connectivity index (χ0) is 12.1. The van der Waals surface area contributed by atoms with Gasteiger partial charge in [-0.25, -0.2) is 4.79 Å². The highest BCUT2D eigenvalue weighted by atomic mass is 16.4. The Kier molecular flexibility index (Phi) is 4.58. The second-order valence-corrected chi connectivity index (χ2v) is 4.57. The van der Waals surface area contributed by atoms with E-state index in [2.05, 4.69) is 17.6 Å². The fraction of sp³-hybridized carbons (Fsp3) is 0.818. The van der Waals surface area contributed by atoms with E-state index >= 15 is 0 Å². The molecule has 0 saturated heterocycles. The largest absolute Gasteiger partial charge is 0.481 e. The number of hydrogen-bond acceptors (Lipinski definition) is 2. The topological polar surface area (TPSA) is 78.4 Å². The molecule has 0 aromatic rings. The summed E-state index contributed by atoms with van der Waals surface area (Å²) in [6, 6.07) is 0.137. The van der Waals surface area contributed by atoms with Gasteiger partial charge < -0.3 is 15.7 Å². The predicted molar refractivity (Wildman–Crippen MR) is 60.1 cm³/mol. The van der Waals surface area contributed by atoms with Gasteiger partial charge in [0, 0.05) is 19.0 Å². The first-order valence-electron chi connectivity index (χ1n) is 5.79. The summed E-state index contributed by atoms with van der Waals surface area (Å²) in [5, 5.41) is 14.1. The first-order valence-corrected chi connectivity index (χ1v) is 5.79. The van der Waals surface area contributed by atoms with E-state index in [4.69, 9.17) is 5.11 Å². The lowest BCUT2D eigenvalue weighted by Gasteiger charge is -2.11. The van der Waals surface area contributed by atoms with Crippen molar-refractivity contribution in [3.8, 4) is 0 Å². The molecule has 5 nitrogen and oxygen atoms in total. The molecule has 1 saturated carbocycles. The van der Waals surface area contributed by atoms with Crippen molar-refractivity contribution in [3.63, 3.8) is 0 Å². The summed E-state index contributed by atoms with van der Waals surface area (Å²) in [7, 11) is 0. The van der Waals surface area contributed by atoms with Crippen molar-refractivity contribution in [2.24, 2.45) is 11.8 Å². The third-order valence-electron chi connectivity index (χ3n) is 2.90. The number of urea groups is 1. The van der Waals surface area contributed by atoms with Gasteiger partial charge in [-0.1, -0.05) is 20.3 Å². The first-order chi connectivity index (χ1) is 7.52. The molecule has 0 bridgehead atoms. The third-order valence-corrected chi connectivity index (χ3v) is 2.90. The average molecular weight is 228 g/mol. The molecule has 0 spiro atoms. The number of amides is 2. The minimum absolute atomic E-state index is 0.0376. The molecule has 0 aliphatic heterocycles. The fourth-order valence-electron chi connectivity index (χ4n) is 1.73. The number of aliphatic carboxylic acids is 1. The maximum atomic E-state index is 11.4. The normalized spacial score (nSPS) is 24.6. The van der Waals surface area contributed by atoms with Crippen LogP contribution < -0.4 is 10.6 Å². The van der Waals surface area contributed by atoms with Gasteiger partial charge in [0.15, 0.2) is 0 Å². The van der Waals surface area contributed by atoms with Gasteiger partial charge in [-0.15, -0.1) is 0 Å². The molecule has 3 atom stereocenters. The number of nitrogens with one attached hydrogen (secondary N) is 2. The van der Waals surface area contributed by atoms with Gasteiger partial charge in [0.2, 0.25) is 0 Å². The lowest BCUT2D eigenvalue weighted by atomic mass is 10.1. The molecule has 1 aliphatic carbocycles. The van der Waals surface area contributed by atoms with Crippen molar-refractivity contribution in [2.75, 3.05) is 6.54 Å². The molecule has 3 unspecified atom stereocenters. The van der Waals surface area contributed by atoms with Crippen LogP contribution in [0.1, 0.15) is 33.1 Å². The Hall–Kier alpha value is -1.26. The first kappa shape index (κ1) is 12.8. The van der Waals surface area contributed by atoms with Crippen LogP contribution in [0, 0.1) is 11.8 Å². The van der Waals surface area contributed by atoms with E-state index in [1.165, 1.54) is 0 Å². The van der Waals surface area contributed by atoms with E-state index in [0.717, 1.165) is 12.8 Å². The van der Waals surface area contributed by atoms with E-state index in [1.54, 1.807) is 6.92 Å². The summed E-state index contributed by atoms with van der Waals surface area (Å²) in [6.07, 6.45) is 2.25. The lowest BCUT2D eigenvalue weighted by molar-refractivity contribution is -0.137. The van der Waals surface area contributed by atoms with Crippen molar-refractivity contribution in [2.45, 2.75) is 39.2 Å². The summed E-state index contributed by atoms with van der Waals surface area (Å²) in [4.78, 5) is 21.8. The molecule has 92 valence electrons. The van der Waals surface area contributed by atoms with Crippen LogP contribution in [0.25, 0.3) is 0 Å². The van der Waals surface area contributed by atoms with Gasteiger partial charge >= 0.3 is 12.0 Å². The maximum absolute atomic E-state index is 11.4. The summed E-state index contributed by atoms with van der Waals surface area (Å²) in [5.74, 6) is -0.241. The minimum atomic E-state index is -0.831. The molecule has 0 radical (unpaired) electrons. The van der Waals surface area contributed by atoms with Gasteiger partial charge in [0.1, 0.15) is 0 Å². The monoisotopic (exact) mass is 228 g/mol. The van der Waals surface area contributed by atoms with Crippen LogP contribution >= 0.6 is 0 Å². The number of rotatable bonds is 6. The Morgan fingerprint density at radius 2 is 2.19 bits per heavy atom. The van der Waals surface area contributed by atoms with E-state index in [-0.39, 0.29) is 18.4 Å². The second-order valence-electron chi connectivity index (χ2n) is 4.57. The molecule has 2 amide bonds. The summed E-state index contributed by atoms with van der Waals surface area (Å²) in [6.45, 7) is 4.32. The molecule has 0 aromatic carbocycles. The standard InChI is InChI=1S/C11H20N2O3/c1-3-8-5-9(8)13-11(16)12-6-7(2)4-10(14)15/h7-9H,3-6H2,1-2H3,(H,14,15)(H2,12,13,16). The second kappa shape index (κ2) is 5.72. The Morgan fingerprint density at radius 3 is 2.69 bits per heavy atom. The number of carbonyl (C=O) groups excluding carboxylic acids is 1. The highest BCUT2D eigenvalue weighted by Crippen LogP contribution is 2.32. The molecule has 5 heteroatoms. The molecule has 3 N–H and O–H groups in total. The molecular weight excluding hydrogens is 208 g/mol. The molecule has 1 rings (SSSR count). The lowest BCUT2D eigenvalue weighted by Crippen LogP contribution is -2.39. The predicted octanol–water partition coefficient (Wildman–Crippen LogP) is 1.19. The number of carboxylic acid groups (broad SMARTS) is 1. The maximum Gasteiger partial charge on any atom is 0.315 e. The Morgan fingerprint density at radius 1 is 1.50 bits per heavy atom. The highest BCUT2D eigenvalue weighted by molar-refractivity contribution is 5.74. The molecule has 1 aliphatic rings. The van der Waals surface area contributed by atoms with Crippen molar-refractivity contribution in [1.29, 1.82) is 0 Å². The SMILES string of the molecule is CCC1CC1NC(=O)NCC(C)CC(=O)O. The Balaban J connectivity index is 2.08. The van der Waals surface area contributed by atoms with Crippen molar-refractivity contribution in [3.05, 3.63) is 0 Å². The highest BCUT2D eigenvalue weighted by Gasteiger charge is 2.36. The van der Waals surface area contributed by atoms with Crippen LogP contribution in [0.3, 0.4) is 0 Å². The van der Waals surface area contributed by atoms with Crippen LogP contribution in [0.15, 0.2) is 0 Å². The average Bonchev–Trinajstić information content (AvgIpc) is 2.92. The van der Waals surface area contributed by atoms with Gasteiger partial charge in [0.05, 0.1) is 0 Å². The molecule has 0 heterocycles. The molecular formula is C11H20N2O3. The van der Waals surface area contributed by atoms with Crippen LogP contribution in [0.5, 0.6) is 0 Å². The number of carbonyl (C=O) groups is 2. The van der Waals surface area contributed by atoms with E-state index in [1.807, 2.05) is 0 Å². The van der Waals surface area contributed by atoms with Crippen molar-refractivity contribution in [1.82, 2.24) is 10.6 Å². The Bertz CT molecular complexity index is 268. The third kappa shape index (κ3) is 4.51. The number of hydrogen-bond donors (Lipinski definition) is 3. The van der Waals surface area contributed by atoms with Crippen molar-refractivity contribution >= 4 is 12.0 Å². The summed E-state index contributed by atoms with van der Waals surface area (Å²) >= 11 is 0. The van der Waals surface area contributed by atoms with Gasteiger partial charge in [-0.2, -0.15) is 0 Å². The molecule has 1 fully saturated rings. The van der Waals surface area contributed by atoms with Crippen LogP contribution in [0.4, 0.5) is 4.79 Å². The van der Waals surface area contributed by atoms with Gasteiger partial charge in [-0.3, -0.25) is 4.79 Å². The zero-order valence-corrected chi connectivity index (χ0v) is 9.82. The van der Waals surface area contributed by atoms with Crippen molar-refractivity contribution < 1.29 is 14.7 Å². The van der Waals surface area contributed by atoms with Crippen LogP contribution in [-0.4, -0.2) is 29.7 Å². The number of carboxylic acids is 1. The minimum Gasteiger partial charge on any atom is -0.481 e. The quantitative estimate of drug-likeness (QED) is 0.639. The van der Waals surface area contributed by atoms with Crippen LogP contribution in [0.2, 0.25) is 0 Å². The van der Waals surface area contributed by atoms with E-state index in [9.17, 15) is 9.59 Å². The zero-order valence-electron chi connectivity index (χ0n) is 9.82.